The SMILES string of the molecule is CNC(=O)O[C@H]1CCC[C@@H]1C(C#N)(c1ccccc1)C1CCN(CC2CN(c3ccc(S(=O)(=O)c4ccn(C)n4)cc3)C2)CC1. The van der Waals surface area contributed by atoms with Gasteiger partial charge >= 0.3 is 6.09 Å². The topological polar surface area (TPSA) is 121 Å². The van der Waals surface area contributed by atoms with Crippen molar-refractivity contribution in [2.75, 3.05) is 44.7 Å². The normalized spacial score (nSPS) is 22.7. The lowest BCUT2D eigenvalue weighted by Gasteiger charge is -2.47. The number of nitriles is 1. The number of rotatable bonds is 9. The molecule has 0 bridgehead atoms. The number of alkyl carbamates (subject to hydrolysis) is 1. The standard InChI is InChI=1S/C34H42N6O4S/c1-36-33(41)44-31-10-6-9-30(31)34(24-35,26-7-4-3-5-8-26)27-15-19-39(20-16-27)21-25-22-40(23-25)28-11-13-29(14-12-28)45(42,43)32-17-18-38(2)37-32/h3-5,7-8,11-14,17-18,25,27,30-31H,6,9-10,15-16,19-23H2,1-2H3,(H,36,41)/t30-,31-,34?/m0/s1. The molecular formula is C34H42N6O4S. The van der Waals surface area contributed by atoms with Crippen LogP contribution < -0.4 is 10.2 Å². The Morgan fingerprint density at radius 2 is 1.76 bits per heavy atom. The number of likely N-dealkylation sites (tertiary alicyclic amines) is 1. The van der Waals surface area contributed by atoms with Crippen LogP contribution in [-0.2, 0) is 27.0 Å². The van der Waals surface area contributed by atoms with Crippen molar-refractivity contribution in [3.8, 4) is 6.07 Å². The van der Waals surface area contributed by atoms with Crippen LogP contribution in [0.3, 0.4) is 0 Å². The molecule has 45 heavy (non-hydrogen) atoms. The first-order valence-electron chi connectivity index (χ1n) is 15.9. The van der Waals surface area contributed by atoms with Crippen molar-refractivity contribution in [1.82, 2.24) is 20.0 Å². The van der Waals surface area contributed by atoms with Crippen molar-refractivity contribution in [1.29, 1.82) is 5.26 Å². The molecule has 6 rings (SSSR count). The molecule has 1 saturated carbocycles. The lowest BCUT2D eigenvalue weighted by atomic mass is 9.59. The number of carbonyl (C=O) groups excluding carboxylic acids is 1. The first-order valence-corrected chi connectivity index (χ1v) is 17.4. The zero-order valence-electron chi connectivity index (χ0n) is 26.0. The van der Waals surface area contributed by atoms with E-state index in [4.69, 9.17) is 4.74 Å². The number of nitrogens with one attached hydrogen (secondary N) is 1. The fourth-order valence-electron chi connectivity index (χ4n) is 7.82. The molecule has 3 fully saturated rings. The van der Waals surface area contributed by atoms with E-state index in [0.717, 1.165) is 76.1 Å². The molecule has 3 heterocycles. The summed E-state index contributed by atoms with van der Waals surface area (Å²) in [7, 11) is -0.356. The Balaban J connectivity index is 1.07. The van der Waals surface area contributed by atoms with E-state index in [1.807, 2.05) is 30.3 Å². The predicted octanol–water partition coefficient (Wildman–Crippen LogP) is 4.39. The van der Waals surface area contributed by atoms with Gasteiger partial charge in [0.1, 0.15) is 6.10 Å². The van der Waals surface area contributed by atoms with E-state index in [-0.39, 0.29) is 27.9 Å². The molecule has 1 N–H and O–H groups in total. The molecule has 2 saturated heterocycles. The third-order valence-electron chi connectivity index (χ3n) is 10.1. The minimum atomic E-state index is -3.63. The van der Waals surface area contributed by atoms with Crippen molar-refractivity contribution in [3.05, 3.63) is 72.4 Å². The maximum atomic E-state index is 12.9. The molecule has 3 atom stereocenters. The second-order valence-electron chi connectivity index (χ2n) is 12.7. The second kappa shape index (κ2) is 12.9. The largest absolute Gasteiger partial charge is 0.446 e. The number of benzene rings is 2. The van der Waals surface area contributed by atoms with E-state index in [1.54, 1.807) is 32.4 Å². The maximum Gasteiger partial charge on any atom is 0.407 e. The van der Waals surface area contributed by atoms with Gasteiger partial charge in [0.25, 0.3) is 0 Å². The molecule has 10 nitrogen and oxygen atoms in total. The summed E-state index contributed by atoms with van der Waals surface area (Å²) in [6.45, 7) is 4.74. The number of aromatic nitrogens is 2. The molecule has 1 aliphatic carbocycles. The molecule has 1 amide bonds. The molecule has 1 unspecified atom stereocenters. The summed E-state index contributed by atoms with van der Waals surface area (Å²) >= 11 is 0. The zero-order chi connectivity index (χ0) is 31.6. The molecule has 2 aromatic carbocycles. The van der Waals surface area contributed by atoms with Gasteiger partial charge in [-0.25, -0.2) is 13.2 Å². The van der Waals surface area contributed by atoms with Gasteiger partial charge in [0.15, 0.2) is 5.03 Å². The van der Waals surface area contributed by atoms with Crippen LogP contribution >= 0.6 is 0 Å². The summed E-state index contributed by atoms with van der Waals surface area (Å²) in [4.78, 5) is 17.3. The number of amides is 1. The number of ether oxygens (including phenoxy) is 1. The van der Waals surface area contributed by atoms with Gasteiger partial charge < -0.3 is 19.9 Å². The van der Waals surface area contributed by atoms with Gasteiger partial charge in [0, 0.05) is 57.4 Å². The molecule has 3 aliphatic rings. The van der Waals surface area contributed by atoms with Crippen LogP contribution in [0.2, 0.25) is 0 Å². The van der Waals surface area contributed by atoms with Crippen molar-refractivity contribution in [3.63, 3.8) is 0 Å². The van der Waals surface area contributed by atoms with E-state index in [9.17, 15) is 18.5 Å². The highest BCUT2D eigenvalue weighted by Gasteiger charge is 2.53. The van der Waals surface area contributed by atoms with Crippen molar-refractivity contribution >= 4 is 21.6 Å². The number of piperidine rings is 1. The third-order valence-corrected chi connectivity index (χ3v) is 11.8. The van der Waals surface area contributed by atoms with E-state index in [1.165, 1.54) is 10.7 Å². The molecule has 3 aromatic rings. The van der Waals surface area contributed by atoms with E-state index in [2.05, 4.69) is 38.4 Å². The molecule has 0 spiro atoms. The van der Waals surface area contributed by atoms with Gasteiger partial charge in [-0.1, -0.05) is 30.3 Å². The molecule has 238 valence electrons. The van der Waals surface area contributed by atoms with Crippen molar-refractivity contribution in [2.24, 2.45) is 24.8 Å². The summed E-state index contributed by atoms with van der Waals surface area (Å²) in [5, 5.41) is 17.6. The summed E-state index contributed by atoms with van der Waals surface area (Å²) in [6, 6.07) is 21.6. The Hall–Kier alpha value is -3.88. The lowest BCUT2D eigenvalue weighted by Crippen LogP contribution is -2.54. The van der Waals surface area contributed by atoms with Crippen LogP contribution in [-0.4, -0.2) is 75.1 Å². The number of nitrogens with zero attached hydrogens (tertiary/aromatic N) is 5. The van der Waals surface area contributed by atoms with E-state index < -0.39 is 21.3 Å². The Labute approximate surface area is 265 Å². The first kappa shape index (κ1) is 31.1. The summed E-state index contributed by atoms with van der Waals surface area (Å²) in [6.07, 6.45) is 5.38. The van der Waals surface area contributed by atoms with Gasteiger partial charge in [-0.15, -0.1) is 0 Å². The Morgan fingerprint density at radius 1 is 1.04 bits per heavy atom. The van der Waals surface area contributed by atoms with E-state index in [0.29, 0.717) is 5.92 Å². The van der Waals surface area contributed by atoms with Crippen LogP contribution in [0.1, 0.15) is 37.7 Å². The summed E-state index contributed by atoms with van der Waals surface area (Å²) in [5.74, 6) is 0.677. The zero-order valence-corrected chi connectivity index (χ0v) is 26.8. The quantitative estimate of drug-likeness (QED) is 0.370. The smallest absolute Gasteiger partial charge is 0.407 e. The fraction of sp³-hybridized carbons (Fsp3) is 0.500. The molecule has 1 aromatic heterocycles. The van der Waals surface area contributed by atoms with Crippen LogP contribution in [0.25, 0.3) is 0 Å². The molecule has 11 heteroatoms. The van der Waals surface area contributed by atoms with Gasteiger partial charge in [-0.3, -0.25) is 4.68 Å². The Kier molecular flexibility index (Phi) is 8.89. The van der Waals surface area contributed by atoms with Crippen LogP contribution in [0, 0.1) is 29.1 Å². The maximum absolute atomic E-state index is 12.9. The third kappa shape index (κ3) is 6.06. The highest BCUT2D eigenvalue weighted by atomic mass is 32.2. The molecular weight excluding hydrogens is 588 g/mol. The second-order valence-corrected chi connectivity index (χ2v) is 14.6. The monoisotopic (exact) mass is 630 g/mol. The van der Waals surface area contributed by atoms with Gasteiger partial charge in [-0.2, -0.15) is 10.4 Å². The summed E-state index contributed by atoms with van der Waals surface area (Å²) in [5.41, 5.74) is 1.36. The number of carbonyl (C=O) groups is 1. The van der Waals surface area contributed by atoms with E-state index >= 15 is 0 Å². The number of anilines is 1. The summed E-state index contributed by atoms with van der Waals surface area (Å²) < 4.78 is 33.1. The number of aryl methyl sites for hydroxylation is 1. The predicted molar refractivity (Wildman–Crippen MR) is 170 cm³/mol. The number of sulfone groups is 1. The average molecular weight is 631 g/mol. The lowest BCUT2D eigenvalue weighted by molar-refractivity contribution is 0.0307. The van der Waals surface area contributed by atoms with Crippen molar-refractivity contribution < 1.29 is 17.9 Å². The molecule has 0 radical (unpaired) electrons. The average Bonchev–Trinajstić information content (AvgIpc) is 3.70. The van der Waals surface area contributed by atoms with Crippen LogP contribution in [0.5, 0.6) is 0 Å². The first-order chi connectivity index (χ1) is 21.7. The Morgan fingerprint density at radius 3 is 2.38 bits per heavy atom. The van der Waals surface area contributed by atoms with Gasteiger partial charge in [0.05, 0.1) is 16.4 Å². The van der Waals surface area contributed by atoms with Crippen LogP contribution in [0.15, 0.2) is 76.8 Å². The molecule has 2 aliphatic heterocycles. The highest BCUT2D eigenvalue weighted by molar-refractivity contribution is 7.91. The van der Waals surface area contributed by atoms with Gasteiger partial charge in [-0.05, 0) is 87.0 Å². The minimum Gasteiger partial charge on any atom is -0.446 e. The fourth-order valence-corrected chi connectivity index (χ4v) is 9.03. The highest BCUT2D eigenvalue weighted by Crippen LogP contribution is 2.51. The van der Waals surface area contributed by atoms with Crippen LogP contribution in [0.4, 0.5) is 10.5 Å². The van der Waals surface area contributed by atoms with Crippen molar-refractivity contribution in [2.45, 2.75) is 53.5 Å². The Bertz CT molecular complexity index is 1620. The van der Waals surface area contributed by atoms with Gasteiger partial charge in [0.2, 0.25) is 9.84 Å². The minimum absolute atomic E-state index is 0.0377. The number of hydrogen-bond donors (Lipinski definition) is 1. The number of hydrogen-bond acceptors (Lipinski definition) is 8.